The average molecular weight is 336 g/mol. The fraction of sp³-hybridized carbons (Fsp3) is 0.412. The highest BCUT2D eigenvalue weighted by Gasteiger charge is 2.18. The molecular weight excluding hydrogens is 314 g/mol. The van der Waals surface area contributed by atoms with Gasteiger partial charge in [0, 0.05) is 10.0 Å². The first kappa shape index (κ1) is 15.3. The van der Waals surface area contributed by atoms with Gasteiger partial charge in [0.05, 0.1) is 12.3 Å². The third-order valence-electron chi connectivity index (χ3n) is 3.54. The van der Waals surface area contributed by atoms with Crippen LogP contribution in [0, 0.1) is 20.8 Å². The number of halogens is 1. The zero-order valence-electron chi connectivity index (χ0n) is 12.6. The van der Waals surface area contributed by atoms with Crippen molar-refractivity contribution in [3.63, 3.8) is 0 Å². The van der Waals surface area contributed by atoms with Crippen LogP contribution >= 0.6 is 15.9 Å². The van der Waals surface area contributed by atoms with Crippen LogP contribution in [0.2, 0.25) is 0 Å². The Balaban J connectivity index is 2.43. The Kier molecular flexibility index (Phi) is 5.06. The Morgan fingerprint density at radius 2 is 1.90 bits per heavy atom. The number of rotatable bonds is 5. The molecular formula is C17H22BrNO. The summed E-state index contributed by atoms with van der Waals surface area (Å²) in [4.78, 5) is 0. The van der Waals surface area contributed by atoms with Gasteiger partial charge < -0.3 is 9.73 Å². The number of nitrogens with one attached hydrogen (secondary N) is 1. The molecule has 3 heteroatoms. The zero-order valence-corrected chi connectivity index (χ0v) is 14.2. The minimum atomic E-state index is 0.194. The molecule has 1 atom stereocenters. The van der Waals surface area contributed by atoms with E-state index in [0.29, 0.717) is 0 Å². The SMILES string of the molecule is CCCNC(c1coc(C)c1)c1cc(C)c(Br)cc1C. The van der Waals surface area contributed by atoms with Crippen LogP contribution in [0.15, 0.2) is 33.4 Å². The van der Waals surface area contributed by atoms with Crippen LogP contribution in [0.5, 0.6) is 0 Å². The Morgan fingerprint density at radius 1 is 1.15 bits per heavy atom. The van der Waals surface area contributed by atoms with Gasteiger partial charge in [-0.05, 0) is 62.6 Å². The minimum absolute atomic E-state index is 0.194. The summed E-state index contributed by atoms with van der Waals surface area (Å²) in [6, 6.07) is 6.76. The lowest BCUT2D eigenvalue weighted by Gasteiger charge is -2.21. The fourth-order valence-corrected chi connectivity index (χ4v) is 2.88. The van der Waals surface area contributed by atoms with Gasteiger partial charge in [-0.3, -0.25) is 0 Å². The van der Waals surface area contributed by atoms with Crippen molar-refractivity contribution in [3.05, 3.63) is 56.9 Å². The van der Waals surface area contributed by atoms with Crippen molar-refractivity contribution in [2.75, 3.05) is 6.54 Å². The van der Waals surface area contributed by atoms with Crippen molar-refractivity contribution in [3.8, 4) is 0 Å². The van der Waals surface area contributed by atoms with Crippen molar-refractivity contribution in [2.45, 2.75) is 40.2 Å². The predicted molar refractivity (Wildman–Crippen MR) is 87.2 cm³/mol. The molecule has 0 fully saturated rings. The van der Waals surface area contributed by atoms with Crippen molar-refractivity contribution in [1.29, 1.82) is 0 Å². The third kappa shape index (κ3) is 3.33. The number of benzene rings is 1. The van der Waals surface area contributed by atoms with E-state index in [-0.39, 0.29) is 6.04 Å². The average Bonchev–Trinajstić information content (AvgIpc) is 2.82. The van der Waals surface area contributed by atoms with Crippen molar-refractivity contribution >= 4 is 15.9 Å². The molecule has 2 nitrogen and oxygen atoms in total. The van der Waals surface area contributed by atoms with Gasteiger partial charge in [0.15, 0.2) is 0 Å². The molecule has 2 aromatic rings. The van der Waals surface area contributed by atoms with Crippen LogP contribution in [0.3, 0.4) is 0 Å². The third-order valence-corrected chi connectivity index (χ3v) is 4.40. The molecule has 108 valence electrons. The molecule has 0 saturated heterocycles. The van der Waals surface area contributed by atoms with E-state index < -0.39 is 0 Å². The molecule has 0 aliphatic heterocycles. The molecule has 0 amide bonds. The van der Waals surface area contributed by atoms with Gasteiger partial charge in [-0.25, -0.2) is 0 Å². The smallest absolute Gasteiger partial charge is 0.101 e. The summed E-state index contributed by atoms with van der Waals surface area (Å²) in [5.41, 5.74) is 5.06. The summed E-state index contributed by atoms with van der Waals surface area (Å²) in [5, 5.41) is 3.63. The van der Waals surface area contributed by atoms with Gasteiger partial charge in [-0.15, -0.1) is 0 Å². The van der Waals surface area contributed by atoms with Crippen molar-refractivity contribution in [1.82, 2.24) is 5.32 Å². The molecule has 0 aliphatic carbocycles. The van der Waals surface area contributed by atoms with Crippen LogP contribution in [-0.2, 0) is 0 Å². The molecule has 1 aromatic heterocycles. The zero-order chi connectivity index (χ0) is 14.7. The second kappa shape index (κ2) is 6.59. The summed E-state index contributed by atoms with van der Waals surface area (Å²) in [5.74, 6) is 0.954. The Hall–Kier alpha value is -1.06. The standard InChI is InChI=1S/C17H22BrNO/c1-5-6-19-17(14-9-13(4)20-10-14)15-7-12(3)16(18)8-11(15)2/h7-10,17,19H,5-6H2,1-4H3. The van der Waals surface area contributed by atoms with E-state index in [1.165, 1.54) is 22.3 Å². The summed E-state index contributed by atoms with van der Waals surface area (Å²) < 4.78 is 6.65. The van der Waals surface area contributed by atoms with Gasteiger partial charge in [-0.1, -0.05) is 28.9 Å². The molecule has 0 spiro atoms. The summed E-state index contributed by atoms with van der Waals surface area (Å²) in [7, 11) is 0. The van der Waals surface area contributed by atoms with Crippen LogP contribution in [0.25, 0.3) is 0 Å². The molecule has 0 bridgehead atoms. The van der Waals surface area contributed by atoms with Crippen LogP contribution < -0.4 is 5.32 Å². The van der Waals surface area contributed by atoms with Crippen LogP contribution in [0.1, 0.15) is 47.4 Å². The first-order chi connectivity index (χ1) is 9.52. The Bertz CT molecular complexity index is 589. The van der Waals surface area contributed by atoms with E-state index >= 15 is 0 Å². The maximum atomic E-state index is 5.49. The van der Waals surface area contributed by atoms with Gasteiger partial charge in [0.1, 0.15) is 5.76 Å². The lowest BCUT2D eigenvalue weighted by atomic mass is 9.95. The van der Waals surface area contributed by atoms with E-state index in [0.717, 1.165) is 23.2 Å². The number of aryl methyl sites for hydroxylation is 3. The molecule has 0 saturated carbocycles. The maximum absolute atomic E-state index is 5.49. The van der Waals surface area contributed by atoms with E-state index in [9.17, 15) is 0 Å². The van der Waals surface area contributed by atoms with Crippen LogP contribution in [0.4, 0.5) is 0 Å². The topological polar surface area (TPSA) is 25.2 Å². The molecule has 1 aromatic carbocycles. The number of hydrogen-bond donors (Lipinski definition) is 1. The molecule has 0 radical (unpaired) electrons. The second-order valence-electron chi connectivity index (χ2n) is 5.34. The number of hydrogen-bond acceptors (Lipinski definition) is 2. The van der Waals surface area contributed by atoms with Crippen molar-refractivity contribution < 1.29 is 4.42 Å². The van der Waals surface area contributed by atoms with E-state index in [1.54, 1.807) is 0 Å². The lowest BCUT2D eigenvalue weighted by Crippen LogP contribution is -2.23. The van der Waals surface area contributed by atoms with E-state index in [2.05, 4.69) is 60.2 Å². The second-order valence-corrected chi connectivity index (χ2v) is 6.19. The summed E-state index contributed by atoms with van der Waals surface area (Å²) >= 11 is 3.60. The Labute approximate surface area is 129 Å². The monoisotopic (exact) mass is 335 g/mol. The lowest BCUT2D eigenvalue weighted by molar-refractivity contribution is 0.523. The minimum Gasteiger partial charge on any atom is -0.469 e. The molecule has 1 unspecified atom stereocenters. The highest BCUT2D eigenvalue weighted by molar-refractivity contribution is 9.10. The highest BCUT2D eigenvalue weighted by Crippen LogP contribution is 2.30. The quantitative estimate of drug-likeness (QED) is 0.826. The molecule has 2 rings (SSSR count). The van der Waals surface area contributed by atoms with Gasteiger partial charge >= 0.3 is 0 Å². The fourth-order valence-electron chi connectivity index (χ4n) is 2.43. The van der Waals surface area contributed by atoms with Crippen LogP contribution in [-0.4, -0.2) is 6.54 Å². The first-order valence-corrected chi connectivity index (χ1v) is 7.87. The molecule has 0 aliphatic rings. The maximum Gasteiger partial charge on any atom is 0.101 e. The highest BCUT2D eigenvalue weighted by atomic mass is 79.9. The van der Waals surface area contributed by atoms with E-state index in [4.69, 9.17) is 4.42 Å². The van der Waals surface area contributed by atoms with Gasteiger partial charge in [0.25, 0.3) is 0 Å². The molecule has 1 N–H and O–H groups in total. The number of furan rings is 1. The normalized spacial score (nSPS) is 12.7. The Morgan fingerprint density at radius 3 is 2.50 bits per heavy atom. The van der Waals surface area contributed by atoms with E-state index in [1.807, 2.05) is 13.2 Å². The summed E-state index contributed by atoms with van der Waals surface area (Å²) in [6.45, 7) is 9.45. The summed E-state index contributed by atoms with van der Waals surface area (Å²) in [6.07, 6.45) is 2.97. The first-order valence-electron chi connectivity index (χ1n) is 7.08. The van der Waals surface area contributed by atoms with Gasteiger partial charge in [-0.2, -0.15) is 0 Å². The van der Waals surface area contributed by atoms with Crippen molar-refractivity contribution in [2.24, 2.45) is 0 Å². The van der Waals surface area contributed by atoms with Gasteiger partial charge in [0.2, 0.25) is 0 Å². The predicted octanol–water partition coefficient (Wildman–Crippen LogP) is 5.06. The molecule has 20 heavy (non-hydrogen) atoms. The molecule has 1 heterocycles. The largest absolute Gasteiger partial charge is 0.469 e.